The number of carbonyl (C=O) groups excluding carboxylic acids is 1. The van der Waals surface area contributed by atoms with Crippen molar-refractivity contribution in [1.82, 2.24) is 14.7 Å². The maximum atomic E-state index is 12.2. The number of rotatable bonds is 2. The van der Waals surface area contributed by atoms with E-state index < -0.39 is 0 Å². The third kappa shape index (κ3) is 2.99. The fourth-order valence-corrected chi connectivity index (χ4v) is 2.34. The summed E-state index contributed by atoms with van der Waals surface area (Å²) in [7, 11) is 0. The third-order valence-electron chi connectivity index (χ3n) is 3.33. The van der Waals surface area contributed by atoms with Crippen molar-refractivity contribution in [2.24, 2.45) is 0 Å². The van der Waals surface area contributed by atoms with Crippen molar-refractivity contribution in [3.05, 3.63) is 12.3 Å². The summed E-state index contributed by atoms with van der Waals surface area (Å²) in [4.78, 5) is 14.1. The molecule has 1 aromatic heterocycles. The molecule has 1 aliphatic heterocycles. The lowest BCUT2D eigenvalue weighted by molar-refractivity contribution is -0.133. The SMILES string of the molecule is CC1CCCCCN1C(=O)Cn1ccc(N)n1. The van der Waals surface area contributed by atoms with Crippen molar-refractivity contribution in [2.75, 3.05) is 12.3 Å². The van der Waals surface area contributed by atoms with E-state index >= 15 is 0 Å². The fourth-order valence-electron chi connectivity index (χ4n) is 2.34. The molecule has 2 heterocycles. The van der Waals surface area contributed by atoms with Crippen LogP contribution in [0.3, 0.4) is 0 Å². The van der Waals surface area contributed by atoms with Crippen molar-refractivity contribution in [2.45, 2.75) is 45.2 Å². The van der Waals surface area contributed by atoms with Gasteiger partial charge in [-0.05, 0) is 25.8 Å². The number of nitrogens with zero attached hydrogens (tertiary/aromatic N) is 3. The Morgan fingerprint density at radius 1 is 1.53 bits per heavy atom. The van der Waals surface area contributed by atoms with E-state index in [0.29, 0.717) is 18.4 Å². The number of nitrogens with two attached hydrogens (primary N) is 1. The Kier molecular flexibility index (Phi) is 3.66. The molecule has 0 saturated carbocycles. The van der Waals surface area contributed by atoms with E-state index in [1.807, 2.05) is 4.90 Å². The minimum atomic E-state index is 0.141. The first-order valence-corrected chi connectivity index (χ1v) is 6.25. The largest absolute Gasteiger partial charge is 0.382 e. The average Bonchev–Trinajstić information content (AvgIpc) is 2.57. The van der Waals surface area contributed by atoms with Gasteiger partial charge in [0.15, 0.2) is 0 Å². The lowest BCUT2D eigenvalue weighted by Crippen LogP contribution is -2.40. The molecule has 2 rings (SSSR count). The minimum absolute atomic E-state index is 0.141. The molecule has 1 fully saturated rings. The van der Waals surface area contributed by atoms with Crippen LogP contribution in [0.1, 0.15) is 32.6 Å². The highest BCUT2D eigenvalue weighted by molar-refractivity contribution is 5.76. The van der Waals surface area contributed by atoms with Gasteiger partial charge in [-0.3, -0.25) is 9.48 Å². The Bertz CT molecular complexity index is 388. The van der Waals surface area contributed by atoms with Crippen LogP contribution >= 0.6 is 0 Å². The number of nitrogen functional groups attached to an aromatic ring is 1. The Balaban J connectivity index is 1.98. The molecule has 5 heteroatoms. The zero-order valence-electron chi connectivity index (χ0n) is 10.3. The summed E-state index contributed by atoms with van der Waals surface area (Å²) < 4.78 is 1.61. The first-order valence-electron chi connectivity index (χ1n) is 6.25. The Morgan fingerprint density at radius 3 is 3.06 bits per heavy atom. The Labute approximate surface area is 102 Å². The first-order chi connectivity index (χ1) is 8.16. The zero-order chi connectivity index (χ0) is 12.3. The summed E-state index contributed by atoms with van der Waals surface area (Å²) in [5.74, 6) is 0.601. The van der Waals surface area contributed by atoms with Crippen molar-refractivity contribution in [3.63, 3.8) is 0 Å². The standard InChI is InChI=1S/C12H20N4O/c1-10-5-3-2-4-7-16(10)12(17)9-15-8-6-11(13)14-15/h6,8,10H,2-5,7,9H2,1H3,(H2,13,14). The summed E-state index contributed by atoms with van der Waals surface area (Å²) in [6.07, 6.45) is 6.41. The summed E-state index contributed by atoms with van der Waals surface area (Å²) in [5, 5.41) is 4.04. The smallest absolute Gasteiger partial charge is 0.244 e. The van der Waals surface area contributed by atoms with Crippen molar-refractivity contribution < 1.29 is 4.79 Å². The Hall–Kier alpha value is -1.52. The van der Waals surface area contributed by atoms with E-state index in [2.05, 4.69) is 12.0 Å². The highest BCUT2D eigenvalue weighted by Gasteiger charge is 2.22. The molecule has 1 aromatic rings. The monoisotopic (exact) mass is 236 g/mol. The second-order valence-corrected chi connectivity index (χ2v) is 4.72. The summed E-state index contributed by atoms with van der Waals surface area (Å²) in [6.45, 7) is 3.29. The van der Waals surface area contributed by atoms with Crippen LogP contribution < -0.4 is 5.73 Å². The van der Waals surface area contributed by atoms with E-state index in [0.717, 1.165) is 19.4 Å². The van der Waals surface area contributed by atoms with Gasteiger partial charge < -0.3 is 10.6 Å². The van der Waals surface area contributed by atoms with E-state index in [1.54, 1.807) is 16.9 Å². The highest BCUT2D eigenvalue weighted by atomic mass is 16.2. The van der Waals surface area contributed by atoms with Crippen molar-refractivity contribution in [3.8, 4) is 0 Å². The van der Waals surface area contributed by atoms with Crippen LogP contribution in [0.5, 0.6) is 0 Å². The van der Waals surface area contributed by atoms with Crippen molar-refractivity contribution >= 4 is 11.7 Å². The number of hydrogen-bond acceptors (Lipinski definition) is 3. The molecule has 0 spiro atoms. The van der Waals surface area contributed by atoms with Crippen LogP contribution in [-0.2, 0) is 11.3 Å². The van der Waals surface area contributed by atoms with Gasteiger partial charge in [0, 0.05) is 18.8 Å². The quantitative estimate of drug-likeness (QED) is 0.840. The summed E-state index contributed by atoms with van der Waals surface area (Å²) >= 11 is 0. The van der Waals surface area contributed by atoms with E-state index in [1.165, 1.54) is 12.8 Å². The van der Waals surface area contributed by atoms with Gasteiger partial charge in [0.1, 0.15) is 12.4 Å². The lowest BCUT2D eigenvalue weighted by atomic mass is 10.1. The second-order valence-electron chi connectivity index (χ2n) is 4.72. The van der Waals surface area contributed by atoms with Crippen LogP contribution in [0.2, 0.25) is 0 Å². The van der Waals surface area contributed by atoms with Gasteiger partial charge in [-0.25, -0.2) is 0 Å². The van der Waals surface area contributed by atoms with Gasteiger partial charge in [-0.2, -0.15) is 5.10 Å². The molecule has 17 heavy (non-hydrogen) atoms. The number of amides is 1. The Morgan fingerprint density at radius 2 is 2.35 bits per heavy atom. The van der Waals surface area contributed by atoms with Gasteiger partial charge in [0.2, 0.25) is 5.91 Å². The van der Waals surface area contributed by atoms with Crippen LogP contribution in [0.4, 0.5) is 5.82 Å². The number of aromatic nitrogens is 2. The maximum absolute atomic E-state index is 12.2. The van der Waals surface area contributed by atoms with Gasteiger partial charge in [0.25, 0.3) is 0 Å². The molecule has 0 radical (unpaired) electrons. The number of hydrogen-bond donors (Lipinski definition) is 1. The van der Waals surface area contributed by atoms with Gasteiger partial charge >= 0.3 is 0 Å². The first kappa shape index (κ1) is 12.0. The molecule has 94 valence electrons. The molecule has 1 aliphatic rings. The topological polar surface area (TPSA) is 64.2 Å². The molecular weight excluding hydrogens is 216 g/mol. The minimum Gasteiger partial charge on any atom is -0.382 e. The normalized spacial score (nSPS) is 21.2. The molecule has 1 amide bonds. The second kappa shape index (κ2) is 5.21. The third-order valence-corrected chi connectivity index (χ3v) is 3.33. The van der Waals surface area contributed by atoms with E-state index in [9.17, 15) is 4.79 Å². The van der Waals surface area contributed by atoms with Crippen LogP contribution in [0, 0.1) is 0 Å². The molecular formula is C12H20N4O. The van der Waals surface area contributed by atoms with E-state index in [-0.39, 0.29) is 5.91 Å². The number of likely N-dealkylation sites (tertiary alicyclic amines) is 1. The molecule has 2 N–H and O–H groups in total. The van der Waals surface area contributed by atoms with Crippen LogP contribution in [0.15, 0.2) is 12.3 Å². The predicted molar refractivity (Wildman–Crippen MR) is 66.3 cm³/mol. The van der Waals surface area contributed by atoms with Crippen LogP contribution in [-0.4, -0.2) is 33.2 Å². The molecule has 1 saturated heterocycles. The summed E-state index contributed by atoms with van der Waals surface area (Å²) in [5.41, 5.74) is 5.53. The summed E-state index contributed by atoms with van der Waals surface area (Å²) in [6, 6.07) is 2.05. The zero-order valence-corrected chi connectivity index (χ0v) is 10.3. The molecule has 0 aromatic carbocycles. The average molecular weight is 236 g/mol. The van der Waals surface area contributed by atoms with Gasteiger partial charge in [-0.1, -0.05) is 12.8 Å². The van der Waals surface area contributed by atoms with Crippen molar-refractivity contribution in [1.29, 1.82) is 0 Å². The van der Waals surface area contributed by atoms with Gasteiger partial charge in [0.05, 0.1) is 0 Å². The lowest BCUT2D eigenvalue weighted by Gasteiger charge is -2.27. The molecule has 0 bridgehead atoms. The van der Waals surface area contributed by atoms with Gasteiger partial charge in [-0.15, -0.1) is 0 Å². The molecule has 0 aliphatic carbocycles. The highest BCUT2D eigenvalue weighted by Crippen LogP contribution is 2.16. The maximum Gasteiger partial charge on any atom is 0.244 e. The number of carbonyl (C=O) groups is 1. The van der Waals surface area contributed by atoms with Crippen LogP contribution in [0.25, 0.3) is 0 Å². The molecule has 1 atom stereocenters. The number of anilines is 1. The van der Waals surface area contributed by atoms with E-state index in [4.69, 9.17) is 5.73 Å². The predicted octanol–water partition coefficient (Wildman–Crippen LogP) is 1.26. The molecule has 1 unspecified atom stereocenters. The molecule has 5 nitrogen and oxygen atoms in total. The fraction of sp³-hybridized carbons (Fsp3) is 0.667.